The maximum atomic E-state index is 13.0. The van der Waals surface area contributed by atoms with Gasteiger partial charge in [-0.1, -0.05) is 60.7 Å². The Hall–Kier alpha value is -3.20. The molecule has 1 aliphatic carbocycles. The van der Waals surface area contributed by atoms with Gasteiger partial charge >= 0.3 is 0 Å². The number of rotatable bonds is 1. The Kier molecular flexibility index (Phi) is 3.29. The van der Waals surface area contributed by atoms with Crippen LogP contribution in [-0.2, 0) is 17.6 Å². The number of aryl methyl sites for hydroxylation is 2. The van der Waals surface area contributed by atoms with Gasteiger partial charge in [-0.3, -0.25) is 14.5 Å². The predicted octanol–water partition coefficient (Wildman–Crippen LogP) is 4.10. The van der Waals surface area contributed by atoms with E-state index < -0.39 is 11.7 Å². The first-order chi connectivity index (χ1) is 12.8. The number of hydrogen-bond acceptors (Lipinski definition) is 2. The number of carbonyl (C=O) groups excluding carboxylic acids is 2. The number of anilines is 1. The van der Waals surface area contributed by atoms with Crippen LogP contribution >= 0.6 is 0 Å². The number of nitrogens with zero attached hydrogens (tertiary/aromatic N) is 1. The van der Waals surface area contributed by atoms with Crippen LogP contribution in [0.2, 0.25) is 0 Å². The Balaban J connectivity index is 1.79. The van der Waals surface area contributed by atoms with Crippen molar-refractivity contribution in [2.45, 2.75) is 18.9 Å². The summed E-state index contributed by atoms with van der Waals surface area (Å²) in [6.45, 7) is 0. The maximum absolute atomic E-state index is 13.0. The zero-order valence-corrected chi connectivity index (χ0v) is 14.2. The molecule has 0 unspecified atom stereocenters. The smallest absolute Gasteiger partial charge is 0.293 e. The van der Waals surface area contributed by atoms with Gasteiger partial charge in [-0.05, 0) is 47.2 Å². The van der Waals surface area contributed by atoms with Gasteiger partial charge in [-0.25, -0.2) is 0 Å². The lowest BCUT2D eigenvalue weighted by molar-refractivity contribution is -0.114. The van der Waals surface area contributed by atoms with Crippen molar-refractivity contribution in [3.63, 3.8) is 0 Å². The van der Waals surface area contributed by atoms with Crippen LogP contribution in [0.25, 0.3) is 0 Å². The largest absolute Gasteiger partial charge is 0.300 e. The summed E-state index contributed by atoms with van der Waals surface area (Å²) >= 11 is 0. The monoisotopic (exact) mass is 339 g/mol. The minimum absolute atomic E-state index is 0.273. The Morgan fingerprint density at radius 1 is 0.692 bits per heavy atom. The van der Waals surface area contributed by atoms with Crippen LogP contribution in [0, 0.1) is 0 Å². The van der Waals surface area contributed by atoms with Crippen LogP contribution in [0.3, 0.4) is 0 Å². The average molecular weight is 339 g/mol. The van der Waals surface area contributed by atoms with Gasteiger partial charge in [0.1, 0.15) is 0 Å². The van der Waals surface area contributed by atoms with Gasteiger partial charge in [0.05, 0.1) is 17.3 Å². The van der Waals surface area contributed by atoms with Crippen molar-refractivity contribution >= 4 is 17.4 Å². The van der Waals surface area contributed by atoms with Crippen LogP contribution in [0.4, 0.5) is 5.69 Å². The SMILES string of the molecule is O=C1C(=O)N(C2c3ccccc3CCc3ccccc32)c2ccccc21. The molecule has 3 heteroatoms. The molecule has 1 heterocycles. The molecule has 3 aromatic rings. The van der Waals surface area contributed by atoms with E-state index in [1.54, 1.807) is 11.0 Å². The summed E-state index contributed by atoms with van der Waals surface area (Å²) in [7, 11) is 0. The Labute approximate surface area is 151 Å². The molecule has 3 nitrogen and oxygen atoms in total. The van der Waals surface area contributed by atoms with Crippen molar-refractivity contribution in [1.82, 2.24) is 0 Å². The summed E-state index contributed by atoms with van der Waals surface area (Å²) in [4.78, 5) is 27.2. The third kappa shape index (κ3) is 2.07. The van der Waals surface area contributed by atoms with Gasteiger partial charge in [0, 0.05) is 0 Å². The summed E-state index contributed by atoms with van der Waals surface area (Å²) < 4.78 is 0. The summed E-state index contributed by atoms with van der Waals surface area (Å²) in [5.74, 6) is -0.859. The fourth-order valence-electron chi connectivity index (χ4n) is 4.24. The van der Waals surface area contributed by atoms with Crippen LogP contribution in [0.5, 0.6) is 0 Å². The first-order valence-electron chi connectivity index (χ1n) is 8.88. The summed E-state index contributed by atoms with van der Waals surface area (Å²) in [5.41, 5.74) is 5.89. The zero-order chi connectivity index (χ0) is 17.7. The third-order valence-corrected chi connectivity index (χ3v) is 5.44. The summed E-state index contributed by atoms with van der Waals surface area (Å²) in [6, 6.07) is 23.5. The number of para-hydroxylation sites is 1. The van der Waals surface area contributed by atoms with E-state index in [-0.39, 0.29) is 6.04 Å². The van der Waals surface area contributed by atoms with E-state index in [2.05, 4.69) is 24.3 Å². The fourth-order valence-corrected chi connectivity index (χ4v) is 4.24. The van der Waals surface area contributed by atoms with Crippen molar-refractivity contribution in [2.75, 3.05) is 4.90 Å². The number of hydrogen-bond donors (Lipinski definition) is 0. The van der Waals surface area contributed by atoms with Gasteiger partial charge < -0.3 is 0 Å². The van der Waals surface area contributed by atoms with E-state index in [1.165, 1.54) is 11.1 Å². The molecule has 3 aromatic carbocycles. The molecule has 0 saturated heterocycles. The van der Waals surface area contributed by atoms with E-state index in [1.807, 2.05) is 42.5 Å². The van der Waals surface area contributed by atoms with E-state index in [4.69, 9.17) is 0 Å². The Morgan fingerprint density at radius 2 is 1.23 bits per heavy atom. The van der Waals surface area contributed by atoms with Crippen LogP contribution in [0.1, 0.15) is 38.7 Å². The van der Waals surface area contributed by atoms with Crippen molar-refractivity contribution in [3.05, 3.63) is 101 Å². The van der Waals surface area contributed by atoms with E-state index >= 15 is 0 Å². The summed E-state index contributed by atoms with van der Waals surface area (Å²) in [5, 5.41) is 0. The first kappa shape index (κ1) is 15.1. The Morgan fingerprint density at radius 3 is 1.88 bits per heavy atom. The molecule has 0 atom stereocenters. The number of benzene rings is 3. The topological polar surface area (TPSA) is 37.4 Å². The number of amides is 1. The lowest BCUT2D eigenvalue weighted by atomic mass is 9.93. The van der Waals surface area contributed by atoms with Gasteiger partial charge in [-0.2, -0.15) is 0 Å². The van der Waals surface area contributed by atoms with Crippen molar-refractivity contribution in [2.24, 2.45) is 0 Å². The minimum Gasteiger partial charge on any atom is -0.293 e. The minimum atomic E-state index is -0.442. The number of ketones is 1. The number of carbonyl (C=O) groups is 2. The molecule has 0 saturated carbocycles. The molecule has 5 rings (SSSR count). The first-order valence-corrected chi connectivity index (χ1v) is 8.88. The predicted molar refractivity (Wildman–Crippen MR) is 100 cm³/mol. The lowest BCUT2D eigenvalue weighted by Gasteiger charge is -2.30. The fraction of sp³-hybridized carbons (Fsp3) is 0.130. The van der Waals surface area contributed by atoms with Gasteiger partial charge in [0.2, 0.25) is 0 Å². The zero-order valence-electron chi connectivity index (χ0n) is 14.2. The molecule has 0 fully saturated rings. The molecule has 0 aromatic heterocycles. The van der Waals surface area contributed by atoms with Crippen LogP contribution in [0.15, 0.2) is 72.8 Å². The molecular weight excluding hydrogens is 322 g/mol. The molecule has 1 aliphatic heterocycles. The van der Waals surface area contributed by atoms with Crippen molar-refractivity contribution < 1.29 is 9.59 Å². The number of fused-ring (bicyclic) bond motifs is 3. The second-order valence-corrected chi connectivity index (χ2v) is 6.82. The standard InChI is InChI=1S/C23H17NO2/c25-22-19-11-5-6-12-20(19)24(23(22)26)21-17-9-3-1-7-15(17)13-14-16-8-2-4-10-18(16)21/h1-12,21H,13-14H2. The average Bonchev–Trinajstić information content (AvgIpc) is 2.84. The molecule has 0 N–H and O–H groups in total. The summed E-state index contributed by atoms with van der Waals surface area (Å²) in [6.07, 6.45) is 1.86. The molecule has 0 spiro atoms. The Bertz CT molecular complexity index is 1010. The van der Waals surface area contributed by atoms with Crippen molar-refractivity contribution in [1.29, 1.82) is 0 Å². The molecule has 126 valence electrons. The lowest BCUT2D eigenvalue weighted by Crippen LogP contribution is -2.35. The third-order valence-electron chi connectivity index (χ3n) is 5.44. The molecule has 2 aliphatic rings. The highest BCUT2D eigenvalue weighted by Crippen LogP contribution is 2.42. The molecular formula is C23H17NO2. The van der Waals surface area contributed by atoms with E-state index in [0.29, 0.717) is 11.3 Å². The number of Topliss-reactive ketones (excluding diaryl/α,β-unsaturated/α-hetero) is 1. The van der Waals surface area contributed by atoms with Gasteiger partial charge in [0.25, 0.3) is 11.7 Å². The van der Waals surface area contributed by atoms with Gasteiger partial charge in [0.15, 0.2) is 0 Å². The molecule has 26 heavy (non-hydrogen) atoms. The maximum Gasteiger partial charge on any atom is 0.300 e. The van der Waals surface area contributed by atoms with Crippen molar-refractivity contribution in [3.8, 4) is 0 Å². The van der Waals surface area contributed by atoms with Gasteiger partial charge in [-0.15, -0.1) is 0 Å². The molecule has 0 radical (unpaired) electrons. The van der Waals surface area contributed by atoms with E-state index in [9.17, 15) is 9.59 Å². The highest BCUT2D eigenvalue weighted by molar-refractivity contribution is 6.52. The molecule has 1 amide bonds. The van der Waals surface area contributed by atoms with Crippen LogP contribution in [-0.4, -0.2) is 11.7 Å². The second kappa shape index (κ2) is 5.67. The highest BCUT2D eigenvalue weighted by Gasteiger charge is 2.42. The quantitative estimate of drug-likeness (QED) is 0.626. The highest BCUT2D eigenvalue weighted by atomic mass is 16.2. The van der Waals surface area contributed by atoms with E-state index in [0.717, 1.165) is 24.0 Å². The normalized spacial score (nSPS) is 16.1. The van der Waals surface area contributed by atoms with Crippen LogP contribution < -0.4 is 4.90 Å². The molecule has 0 bridgehead atoms. The second-order valence-electron chi connectivity index (χ2n) is 6.82.